The Morgan fingerprint density at radius 2 is 2.00 bits per heavy atom. The van der Waals surface area contributed by atoms with Crippen molar-refractivity contribution in [3.8, 4) is 0 Å². The Labute approximate surface area is 131 Å². The van der Waals surface area contributed by atoms with Gasteiger partial charge in [-0.05, 0) is 25.3 Å². The molecule has 2 rings (SSSR count). The Morgan fingerprint density at radius 1 is 1.27 bits per heavy atom. The lowest BCUT2D eigenvalue weighted by atomic mass is 10.0. The smallest absolute Gasteiger partial charge is 0.129 e. The Morgan fingerprint density at radius 3 is 2.68 bits per heavy atom. The van der Waals surface area contributed by atoms with Crippen molar-refractivity contribution in [2.24, 2.45) is 0 Å². The second kappa shape index (κ2) is 9.20. The number of nitrogens with zero attached hydrogens (tertiary/aromatic N) is 1. The first-order valence-electron chi connectivity index (χ1n) is 7.96. The molecule has 1 atom stereocenters. The van der Waals surface area contributed by atoms with Crippen LogP contribution >= 0.6 is 0 Å². The number of aliphatic hydroxyl groups excluding tert-OH is 1. The van der Waals surface area contributed by atoms with Gasteiger partial charge in [0.2, 0.25) is 0 Å². The number of methoxy groups -OCH3 is 1. The molecule has 0 radical (unpaired) electrons. The van der Waals surface area contributed by atoms with Crippen LogP contribution in [0.15, 0.2) is 24.3 Å². The van der Waals surface area contributed by atoms with Crippen LogP contribution in [0.2, 0.25) is 0 Å². The third kappa shape index (κ3) is 5.32. The number of rotatable bonds is 8. The first kappa shape index (κ1) is 17.3. The lowest BCUT2D eigenvalue weighted by Gasteiger charge is -2.33. The quantitative estimate of drug-likeness (QED) is 0.749. The fourth-order valence-electron chi connectivity index (χ4n) is 2.80. The van der Waals surface area contributed by atoms with Crippen LogP contribution in [0.5, 0.6) is 0 Å². The van der Waals surface area contributed by atoms with Crippen LogP contribution in [0.3, 0.4) is 0 Å². The van der Waals surface area contributed by atoms with Crippen LogP contribution in [0.25, 0.3) is 0 Å². The number of aliphatic hydroxyl groups is 1. The number of β-amino-alcohol motifs (C(OH)–C–C–N with tert-alkyl or cyclic N) is 1. The Bertz CT molecular complexity index is 436. The minimum Gasteiger partial charge on any atom is -0.387 e. The standard InChI is InChI=1S/C17H26FNO3/c1-21-11-4-12-22-14-7-9-19(10-8-14)13-17(20)15-5-2-3-6-16(15)18/h2-3,5-6,14,17,20H,4,7-13H2,1H3. The maximum absolute atomic E-state index is 13.6. The lowest BCUT2D eigenvalue weighted by molar-refractivity contribution is -0.00847. The summed E-state index contributed by atoms with van der Waals surface area (Å²) in [7, 11) is 1.69. The van der Waals surface area contributed by atoms with Crippen molar-refractivity contribution in [3.05, 3.63) is 35.6 Å². The van der Waals surface area contributed by atoms with Gasteiger partial charge < -0.3 is 19.5 Å². The van der Waals surface area contributed by atoms with Gasteiger partial charge in [0.25, 0.3) is 0 Å². The molecule has 0 saturated carbocycles. The fourth-order valence-corrected chi connectivity index (χ4v) is 2.80. The minimum absolute atomic E-state index is 0.290. The third-order valence-electron chi connectivity index (χ3n) is 4.08. The first-order chi connectivity index (χ1) is 10.7. The van der Waals surface area contributed by atoms with E-state index in [1.54, 1.807) is 25.3 Å². The molecule has 124 valence electrons. The van der Waals surface area contributed by atoms with Crippen molar-refractivity contribution in [3.63, 3.8) is 0 Å². The number of benzene rings is 1. The molecule has 0 bridgehead atoms. The maximum Gasteiger partial charge on any atom is 0.129 e. The van der Waals surface area contributed by atoms with E-state index in [1.807, 2.05) is 0 Å². The van der Waals surface area contributed by atoms with Crippen LogP contribution in [0.4, 0.5) is 4.39 Å². The van der Waals surface area contributed by atoms with Gasteiger partial charge >= 0.3 is 0 Å². The molecular weight excluding hydrogens is 285 g/mol. The van der Waals surface area contributed by atoms with Crippen LogP contribution in [0, 0.1) is 5.82 Å². The summed E-state index contributed by atoms with van der Waals surface area (Å²) in [6.07, 6.45) is 2.34. The number of ether oxygens (including phenoxy) is 2. The van der Waals surface area contributed by atoms with E-state index in [2.05, 4.69) is 4.90 Å². The molecule has 0 amide bonds. The highest BCUT2D eigenvalue weighted by Gasteiger charge is 2.22. The first-order valence-corrected chi connectivity index (χ1v) is 7.96. The zero-order valence-corrected chi connectivity index (χ0v) is 13.2. The molecule has 5 heteroatoms. The van der Waals surface area contributed by atoms with Crippen molar-refractivity contribution in [2.45, 2.75) is 31.5 Å². The van der Waals surface area contributed by atoms with Gasteiger partial charge in [-0.25, -0.2) is 4.39 Å². The maximum atomic E-state index is 13.6. The number of hydrogen-bond acceptors (Lipinski definition) is 4. The Balaban J connectivity index is 1.70. The average molecular weight is 311 g/mol. The van der Waals surface area contributed by atoms with Crippen molar-refractivity contribution in [2.75, 3.05) is 40.0 Å². The van der Waals surface area contributed by atoms with Gasteiger partial charge in [-0.3, -0.25) is 0 Å². The summed E-state index contributed by atoms with van der Waals surface area (Å²) in [6.45, 7) is 3.68. The molecule has 1 fully saturated rings. The molecule has 0 aliphatic carbocycles. The molecule has 1 aliphatic heterocycles. The Kier molecular flexibility index (Phi) is 7.25. The van der Waals surface area contributed by atoms with Crippen LogP contribution < -0.4 is 0 Å². The monoisotopic (exact) mass is 311 g/mol. The molecular formula is C17H26FNO3. The zero-order valence-electron chi connectivity index (χ0n) is 13.2. The topological polar surface area (TPSA) is 41.9 Å². The highest BCUT2D eigenvalue weighted by molar-refractivity contribution is 5.20. The second-order valence-electron chi connectivity index (χ2n) is 5.75. The van der Waals surface area contributed by atoms with E-state index in [0.717, 1.165) is 45.6 Å². The summed E-state index contributed by atoms with van der Waals surface area (Å²) in [5, 5.41) is 10.2. The predicted octanol–water partition coefficient (Wildman–Crippen LogP) is 2.38. The zero-order chi connectivity index (χ0) is 15.8. The van der Waals surface area contributed by atoms with Crippen LogP contribution in [-0.2, 0) is 9.47 Å². The van der Waals surface area contributed by atoms with Gasteiger partial charge in [0, 0.05) is 45.5 Å². The van der Waals surface area contributed by atoms with E-state index in [0.29, 0.717) is 18.2 Å². The number of hydrogen-bond donors (Lipinski definition) is 1. The molecule has 1 aliphatic rings. The highest BCUT2D eigenvalue weighted by Crippen LogP contribution is 2.21. The molecule has 1 unspecified atom stereocenters. The van der Waals surface area contributed by atoms with Gasteiger partial charge in [-0.2, -0.15) is 0 Å². The molecule has 0 spiro atoms. The van der Waals surface area contributed by atoms with E-state index in [-0.39, 0.29) is 5.82 Å². The van der Waals surface area contributed by atoms with Gasteiger partial charge in [0.1, 0.15) is 5.82 Å². The fraction of sp³-hybridized carbons (Fsp3) is 0.647. The van der Waals surface area contributed by atoms with Crippen molar-refractivity contribution >= 4 is 0 Å². The SMILES string of the molecule is COCCCOC1CCN(CC(O)c2ccccc2F)CC1. The van der Waals surface area contributed by atoms with Crippen molar-refractivity contribution in [1.82, 2.24) is 4.90 Å². The van der Waals surface area contributed by atoms with E-state index in [1.165, 1.54) is 6.07 Å². The summed E-state index contributed by atoms with van der Waals surface area (Å²) in [5.74, 6) is -0.341. The van der Waals surface area contributed by atoms with E-state index in [9.17, 15) is 9.50 Å². The van der Waals surface area contributed by atoms with Crippen LogP contribution in [-0.4, -0.2) is 56.1 Å². The van der Waals surface area contributed by atoms with Gasteiger partial charge in [-0.1, -0.05) is 18.2 Å². The third-order valence-corrected chi connectivity index (χ3v) is 4.08. The van der Waals surface area contributed by atoms with E-state index < -0.39 is 6.10 Å². The van der Waals surface area contributed by atoms with E-state index in [4.69, 9.17) is 9.47 Å². The summed E-state index contributed by atoms with van der Waals surface area (Å²) < 4.78 is 24.5. The second-order valence-corrected chi connectivity index (χ2v) is 5.75. The van der Waals surface area contributed by atoms with E-state index >= 15 is 0 Å². The lowest BCUT2D eigenvalue weighted by Crippen LogP contribution is -2.39. The molecule has 1 saturated heterocycles. The van der Waals surface area contributed by atoms with Gasteiger partial charge in [0.05, 0.1) is 12.2 Å². The molecule has 4 nitrogen and oxygen atoms in total. The Hall–Kier alpha value is -1.01. The molecule has 0 aromatic heterocycles. The normalized spacial score (nSPS) is 18.5. The molecule has 1 aromatic rings. The minimum atomic E-state index is -0.777. The van der Waals surface area contributed by atoms with Crippen LogP contribution in [0.1, 0.15) is 30.9 Å². The molecule has 1 heterocycles. The van der Waals surface area contributed by atoms with Crippen molar-refractivity contribution in [1.29, 1.82) is 0 Å². The average Bonchev–Trinajstić information content (AvgIpc) is 2.53. The molecule has 1 aromatic carbocycles. The molecule has 1 N–H and O–H groups in total. The predicted molar refractivity (Wildman–Crippen MR) is 83.3 cm³/mol. The summed E-state index contributed by atoms with van der Waals surface area (Å²) >= 11 is 0. The summed E-state index contributed by atoms with van der Waals surface area (Å²) in [5.41, 5.74) is 0.375. The largest absolute Gasteiger partial charge is 0.387 e. The van der Waals surface area contributed by atoms with Gasteiger partial charge in [0.15, 0.2) is 0 Å². The summed E-state index contributed by atoms with van der Waals surface area (Å²) in [6, 6.07) is 6.42. The molecule has 22 heavy (non-hydrogen) atoms. The highest BCUT2D eigenvalue weighted by atomic mass is 19.1. The van der Waals surface area contributed by atoms with Gasteiger partial charge in [-0.15, -0.1) is 0 Å². The number of likely N-dealkylation sites (tertiary alicyclic amines) is 1. The number of halogens is 1. The summed E-state index contributed by atoms with van der Waals surface area (Å²) in [4.78, 5) is 2.17. The number of piperidine rings is 1. The van der Waals surface area contributed by atoms with Crippen molar-refractivity contribution < 1.29 is 19.0 Å².